The summed E-state index contributed by atoms with van der Waals surface area (Å²) in [6.45, 7) is 1.42. The average Bonchev–Trinajstić information content (AvgIpc) is 2.43. The van der Waals surface area contributed by atoms with Crippen molar-refractivity contribution in [2.45, 2.75) is 16.8 Å². The van der Waals surface area contributed by atoms with Crippen molar-refractivity contribution >= 4 is 29.2 Å². The number of amides is 1. The Morgan fingerprint density at radius 3 is 2.43 bits per heavy atom. The molecule has 0 atom stereocenters. The largest absolute Gasteiger partial charge is 0.371 e. The Balaban J connectivity index is 2.20. The van der Waals surface area contributed by atoms with Gasteiger partial charge in [-0.15, -0.1) is 0 Å². The van der Waals surface area contributed by atoms with Crippen molar-refractivity contribution in [2.24, 2.45) is 0 Å². The van der Waals surface area contributed by atoms with Gasteiger partial charge in [0.1, 0.15) is 5.03 Å². The highest BCUT2D eigenvalue weighted by atomic mass is 32.2. The van der Waals surface area contributed by atoms with Crippen molar-refractivity contribution in [2.75, 3.05) is 17.7 Å². The maximum absolute atomic E-state index is 13.7. The van der Waals surface area contributed by atoms with E-state index in [4.69, 9.17) is 0 Å². The lowest BCUT2D eigenvalue weighted by molar-refractivity contribution is -0.114. The molecular weight excluding hydrogens is 296 g/mol. The van der Waals surface area contributed by atoms with Crippen LogP contribution >= 0.6 is 11.8 Å². The summed E-state index contributed by atoms with van der Waals surface area (Å²) in [5, 5.41) is 5.28. The van der Waals surface area contributed by atoms with E-state index in [2.05, 4.69) is 15.6 Å². The zero-order valence-electron chi connectivity index (χ0n) is 11.4. The van der Waals surface area contributed by atoms with E-state index >= 15 is 0 Å². The van der Waals surface area contributed by atoms with Crippen molar-refractivity contribution in [3.8, 4) is 0 Å². The van der Waals surface area contributed by atoms with Gasteiger partial charge in [-0.3, -0.25) is 4.79 Å². The summed E-state index contributed by atoms with van der Waals surface area (Å²) in [6.07, 6.45) is 0. The number of aromatic nitrogens is 1. The van der Waals surface area contributed by atoms with Gasteiger partial charge >= 0.3 is 0 Å². The van der Waals surface area contributed by atoms with E-state index in [0.717, 1.165) is 22.7 Å². The van der Waals surface area contributed by atoms with Crippen LogP contribution in [0.2, 0.25) is 0 Å². The molecule has 0 spiro atoms. The molecule has 1 aromatic carbocycles. The highest BCUT2D eigenvalue weighted by molar-refractivity contribution is 7.99. The van der Waals surface area contributed by atoms with E-state index in [-0.39, 0.29) is 16.8 Å². The molecule has 21 heavy (non-hydrogen) atoms. The van der Waals surface area contributed by atoms with Gasteiger partial charge in [0.05, 0.1) is 0 Å². The van der Waals surface area contributed by atoms with Gasteiger partial charge in [-0.1, -0.05) is 11.8 Å². The third-order valence-electron chi connectivity index (χ3n) is 2.52. The summed E-state index contributed by atoms with van der Waals surface area (Å²) >= 11 is 1.07. The van der Waals surface area contributed by atoms with Gasteiger partial charge in [-0.2, -0.15) is 0 Å². The zero-order chi connectivity index (χ0) is 15.4. The van der Waals surface area contributed by atoms with Crippen molar-refractivity contribution in [3.05, 3.63) is 42.0 Å². The van der Waals surface area contributed by atoms with Gasteiger partial charge in [0, 0.05) is 30.6 Å². The molecule has 110 valence electrons. The highest BCUT2D eigenvalue weighted by Gasteiger charge is 2.12. The molecule has 0 bridgehead atoms. The molecule has 0 aliphatic rings. The number of carbonyl (C=O) groups is 1. The maximum atomic E-state index is 13.7. The molecule has 2 N–H and O–H groups in total. The van der Waals surface area contributed by atoms with Gasteiger partial charge in [0.15, 0.2) is 17.5 Å². The van der Waals surface area contributed by atoms with Gasteiger partial charge in [-0.05, 0) is 24.3 Å². The van der Waals surface area contributed by atoms with Crippen LogP contribution in [-0.4, -0.2) is 17.9 Å². The van der Waals surface area contributed by atoms with Crippen LogP contribution in [0, 0.1) is 11.6 Å². The number of pyridine rings is 1. The number of nitrogens with zero attached hydrogens (tertiary/aromatic N) is 1. The second-order valence-electron chi connectivity index (χ2n) is 4.16. The zero-order valence-corrected chi connectivity index (χ0v) is 12.2. The Kier molecular flexibility index (Phi) is 4.74. The Morgan fingerprint density at radius 1 is 1.19 bits per heavy atom. The predicted molar refractivity (Wildman–Crippen MR) is 78.6 cm³/mol. The summed E-state index contributed by atoms with van der Waals surface area (Å²) in [7, 11) is 1.51. The van der Waals surface area contributed by atoms with E-state index in [0.29, 0.717) is 5.69 Å². The first-order valence-electron chi connectivity index (χ1n) is 6.09. The summed E-state index contributed by atoms with van der Waals surface area (Å²) in [6, 6.07) is 7.64. The van der Waals surface area contributed by atoms with Crippen LogP contribution in [0.3, 0.4) is 0 Å². The molecule has 0 fully saturated rings. The number of anilines is 2. The Labute approximate surface area is 125 Å². The predicted octanol–water partition coefficient (Wildman–Crippen LogP) is 3.51. The Morgan fingerprint density at radius 2 is 1.86 bits per heavy atom. The molecule has 0 aliphatic heterocycles. The number of halogens is 2. The number of benzene rings is 1. The van der Waals surface area contributed by atoms with Gasteiger partial charge in [-0.25, -0.2) is 13.8 Å². The molecular formula is C14H13F2N3OS. The highest BCUT2D eigenvalue weighted by Crippen LogP contribution is 2.30. The minimum absolute atomic E-state index is 0.00577. The molecule has 7 heteroatoms. The topological polar surface area (TPSA) is 54.0 Å². The lowest BCUT2D eigenvalue weighted by atomic mass is 10.3. The van der Waals surface area contributed by atoms with E-state index < -0.39 is 11.6 Å². The second-order valence-corrected chi connectivity index (χ2v) is 5.23. The van der Waals surface area contributed by atoms with Crippen molar-refractivity contribution < 1.29 is 13.6 Å². The molecule has 1 aromatic heterocycles. The average molecular weight is 309 g/mol. The monoisotopic (exact) mass is 309 g/mol. The molecule has 1 amide bonds. The fourth-order valence-electron chi connectivity index (χ4n) is 1.62. The van der Waals surface area contributed by atoms with Gasteiger partial charge in [0.2, 0.25) is 5.91 Å². The van der Waals surface area contributed by atoms with E-state index in [1.807, 2.05) is 0 Å². The summed E-state index contributed by atoms with van der Waals surface area (Å²) in [5.74, 6) is -1.63. The Bertz CT molecular complexity index is 662. The fourth-order valence-corrected chi connectivity index (χ4v) is 2.41. The smallest absolute Gasteiger partial charge is 0.221 e. The molecule has 0 aliphatic carbocycles. The van der Waals surface area contributed by atoms with Crippen molar-refractivity contribution in [1.29, 1.82) is 0 Å². The summed E-state index contributed by atoms with van der Waals surface area (Å²) < 4.78 is 27.0. The van der Waals surface area contributed by atoms with E-state index in [1.54, 1.807) is 24.3 Å². The summed E-state index contributed by atoms with van der Waals surface area (Å²) in [4.78, 5) is 15.5. The fraction of sp³-hybridized carbons (Fsp3) is 0.143. The van der Waals surface area contributed by atoms with E-state index in [1.165, 1.54) is 14.0 Å². The maximum Gasteiger partial charge on any atom is 0.221 e. The van der Waals surface area contributed by atoms with Crippen molar-refractivity contribution in [1.82, 2.24) is 4.98 Å². The first kappa shape index (κ1) is 15.2. The minimum Gasteiger partial charge on any atom is -0.371 e. The number of rotatable bonds is 4. The van der Waals surface area contributed by atoms with E-state index in [9.17, 15) is 13.6 Å². The lowest BCUT2D eigenvalue weighted by Crippen LogP contribution is -2.05. The Hall–Kier alpha value is -2.15. The molecule has 4 nitrogen and oxygen atoms in total. The third kappa shape index (κ3) is 3.91. The number of hydrogen-bond donors (Lipinski definition) is 2. The van der Waals surface area contributed by atoms with Gasteiger partial charge < -0.3 is 10.6 Å². The number of nitrogens with one attached hydrogen (secondary N) is 2. The molecule has 0 unspecified atom stereocenters. The third-order valence-corrected chi connectivity index (χ3v) is 3.51. The number of hydrogen-bond acceptors (Lipinski definition) is 4. The standard InChI is InChI=1S/C14H13F2N3OS/c1-8(20)18-9-3-5-10(6-4-9)21-14-12(16)7-11(15)13(17-2)19-14/h3-7H,1-2H3,(H,17,19)(H,18,20). The molecule has 0 saturated carbocycles. The molecule has 1 heterocycles. The van der Waals surface area contributed by atoms with Crippen LogP contribution < -0.4 is 10.6 Å². The molecule has 2 rings (SSSR count). The van der Waals surface area contributed by atoms with Crippen molar-refractivity contribution in [3.63, 3.8) is 0 Å². The normalized spacial score (nSPS) is 10.3. The van der Waals surface area contributed by atoms with Crippen LogP contribution in [0.1, 0.15) is 6.92 Å². The van der Waals surface area contributed by atoms with Crippen LogP contribution in [0.15, 0.2) is 40.3 Å². The quantitative estimate of drug-likeness (QED) is 0.907. The van der Waals surface area contributed by atoms with Gasteiger partial charge in [0.25, 0.3) is 0 Å². The second kappa shape index (κ2) is 6.53. The van der Waals surface area contributed by atoms with Crippen LogP contribution in [0.25, 0.3) is 0 Å². The SMILES string of the molecule is CNc1nc(Sc2ccc(NC(C)=O)cc2)c(F)cc1F. The first-order valence-corrected chi connectivity index (χ1v) is 6.90. The minimum atomic E-state index is -0.736. The number of carbonyl (C=O) groups excluding carboxylic acids is 1. The van der Waals surface area contributed by atoms with Crippen LogP contribution in [0.5, 0.6) is 0 Å². The molecule has 0 saturated heterocycles. The van der Waals surface area contributed by atoms with Crippen LogP contribution in [-0.2, 0) is 4.79 Å². The molecule has 2 aromatic rings. The molecule has 0 radical (unpaired) electrons. The lowest BCUT2D eigenvalue weighted by Gasteiger charge is -2.07. The van der Waals surface area contributed by atoms with Crippen LogP contribution in [0.4, 0.5) is 20.3 Å². The summed E-state index contributed by atoms with van der Waals surface area (Å²) in [5.41, 5.74) is 0.648. The first-order chi connectivity index (χ1) is 9.99.